The predicted molar refractivity (Wildman–Crippen MR) is 50.4 cm³/mol. The van der Waals surface area contributed by atoms with Gasteiger partial charge in [-0.15, -0.1) is 0 Å². The normalized spacial score (nSPS) is 17.0. The van der Waals surface area contributed by atoms with Gasteiger partial charge in [0.25, 0.3) is 11.8 Å². The van der Waals surface area contributed by atoms with Crippen LogP contribution >= 0.6 is 0 Å². The van der Waals surface area contributed by atoms with Crippen molar-refractivity contribution in [2.45, 2.75) is 32.4 Å². The van der Waals surface area contributed by atoms with Gasteiger partial charge in [0.2, 0.25) is 0 Å². The van der Waals surface area contributed by atoms with Crippen molar-refractivity contribution in [3.8, 4) is 0 Å². The summed E-state index contributed by atoms with van der Waals surface area (Å²) in [6.45, 7) is 1.57. The second-order valence-corrected chi connectivity index (χ2v) is 3.69. The van der Waals surface area contributed by atoms with Crippen molar-refractivity contribution in [2.24, 2.45) is 0 Å². The Bertz CT molecular complexity index is 333. The van der Waals surface area contributed by atoms with Crippen LogP contribution in [0.4, 0.5) is 13.2 Å². The maximum Gasteiger partial charge on any atom is 0.389 e. The number of hydrogen-bond donors (Lipinski definition) is 0. The van der Waals surface area contributed by atoms with Gasteiger partial charge in [0.05, 0.1) is 0 Å². The van der Waals surface area contributed by atoms with Crippen molar-refractivity contribution < 1.29 is 22.8 Å². The molecule has 0 fully saturated rings. The zero-order chi connectivity index (χ0) is 12.3. The summed E-state index contributed by atoms with van der Waals surface area (Å²) in [5.74, 6) is -0.841. The molecule has 90 valence electrons. The van der Waals surface area contributed by atoms with E-state index in [0.29, 0.717) is 5.57 Å². The molecular weight excluding hydrogens is 223 g/mol. The second kappa shape index (κ2) is 4.67. The molecule has 1 aliphatic rings. The highest BCUT2D eigenvalue weighted by Gasteiger charge is 2.29. The van der Waals surface area contributed by atoms with Gasteiger partial charge in [-0.25, -0.2) is 0 Å². The van der Waals surface area contributed by atoms with Crippen LogP contribution in [-0.2, 0) is 9.59 Å². The standard InChI is InChI=1S/C10H12F3NO2/c1-7-6-8(15)14(9(7)16)5-3-2-4-10(11,12)13/h6H,2-5H2,1H3. The van der Waals surface area contributed by atoms with E-state index >= 15 is 0 Å². The molecule has 0 N–H and O–H groups in total. The third-order valence-corrected chi connectivity index (χ3v) is 2.28. The summed E-state index contributed by atoms with van der Waals surface area (Å²) in [4.78, 5) is 23.5. The summed E-state index contributed by atoms with van der Waals surface area (Å²) < 4.78 is 35.4. The van der Waals surface area contributed by atoms with Crippen LogP contribution in [0.5, 0.6) is 0 Å². The molecule has 1 heterocycles. The van der Waals surface area contributed by atoms with Gasteiger partial charge >= 0.3 is 6.18 Å². The van der Waals surface area contributed by atoms with E-state index in [-0.39, 0.29) is 19.4 Å². The van der Waals surface area contributed by atoms with E-state index in [4.69, 9.17) is 0 Å². The molecule has 2 amide bonds. The molecule has 6 heteroatoms. The maximum atomic E-state index is 11.8. The number of amides is 2. The van der Waals surface area contributed by atoms with Gasteiger partial charge in [0.15, 0.2) is 0 Å². The maximum absolute atomic E-state index is 11.8. The van der Waals surface area contributed by atoms with Crippen LogP contribution in [-0.4, -0.2) is 29.4 Å². The highest BCUT2D eigenvalue weighted by Crippen LogP contribution is 2.22. The highest BCUT2D eigenvalue weighted by atomic mass is 19.4. The average Bonchev–Trinajstić information content (AvgIpc) is 2.36. The molecule has 1 rings (SSSR count). The van der Waals surface area contributed by atoms with Crippen LogP contribution in [0.25, 0.3) is 0 Å². The van der Waals surface area contributed by atoms with Gasteiger partial charge in [-0.1, -0.05) is 0 Å². The van der Waals surface area contributed by atoms with Gasteiger partial charge in [0.1, 0.15) is 0 Å². The summed E-state index contributed by atoms with van der Waals surface area (Å²) in [7, 11) is 0. The Hall–Kier alpha value is -1.33. The Morgan fingerprint density at radius 1 is 1.25 bits per heavy atom. The Morgan fingerprint density at radius 2 is 1.88 bits per heavy atom. The molecule has 16 heavy (non-hydrogen) atoms. The summed E-state index contributed by atoms with van der Waals surface area (Å²) in [6, 6.07) is 0. The lowest BCUT2D eigenvalue weighted by molar-refractivity contribution is -0.138. The molecule has 0 spiro atoms. The van der Waals surface area contributed by atoms with Crippen LogP contribution in [0.2, 0.25) is 0 Å². The van der Waals surface area contributed by atoms with E-state index in [1.165, 1.54) is 13.0 Å². The Balaban J connectivity index is 2.30. The van der Waals surface area contributed by atoms with Gasteiger partial charge in [-0.05, 0) is 19.8 Å². The quantitative estimate of drug-likeness (QED) is 0.552. The Morgan fingerprint density at radius 3 is 2.31 bits per heavy atom. The molecule has 3 nitrogen and oxygen atoms in total. The summed E-state index contributed by atoms with van der Waals surface area (Å²) in [5.41, 5.74) is 0.334. The number of carbonyl (C=O) groups excluding carboxylic acids is 2. The first-order valence-electron chi connectivity index (χ1n) is 4.92. The van der Waals surface area contributed by atoms with E-state index in [2.05, 4.69) is 0 Å². The zero-order valence-corrected chi connectivity index (χ0v) is 8.80. The van der Waals surface area contributed by atoms with Crippen molar-refractivity contribution >= 4 is 11.8 Å². The van der Waals surface area contributed by atoms with Crippen LogP contribution in [0.3, 0.4) is 0 Å². The Labute approximate surface area is 90.9 Å². The fourth-order valence-corrected chi connectivity index (χ4v) is 1.44. The van der Waals surface area contributed by atoms with E-state index in [9.17, 15) is 22.8 Å². The van der Waals surface area contributed by atoms with Gasteiger partial charge < -0.3 is 0 Å². The van der Waals surface area contributed by atoms with Crippen LogP contribution in [0, 0.1) is 0 Å². The molecule has 0 bridgehead atoms. The minimum Gasteiger partial charge on any atom is -0.275 e. The zero-order valence-electron chi connectivity index (χ0n) is 8.80. The molecule has 0 aromatic heterocycles. The third-order valence-electron chi connectivity index (χ3n) is 2.28. The summed E-state index contributed by atoms with van der Waals surface area (Å²) in [5, 5.41) is 0. The molecular formula is C10H12F3NO2. The minimum absolute atomic E-state index is 0.0571. The number of carbonyl (C=O) groups is 2. The van der Waals surface area contributed by atoms with Crippen LogP contribution < -0.4 is 0 Å². The van der Waals surface area contributed by atoms with Crippen molar-refractivity contribution in [3.63, 3.8) is 0 Å². The summed E-state index contributed by atoms with van der Waals surface area (Å²) in [6.07, 6.45) is -3.74. The first-order chi connectivity index (χ1) is 7.31. The molecule has 1 aliphatic heterocycles. The molecule has 0 unspecified atom stereocenters. The van der Waals surface area contributed by atoms with Crippen molar-refractivity contribution in [1.29, 1.82) is 0 Å². The molecule has 0 radical (unpaired) electrons. The molecule has 0 saturated heterocycles. The van der Waals surface area contributed by atoms with Gasteiger partial charge in [-0.3, -0.25) is 14.5 Å². The first kappa shape index (κ1) is 12.7. The number of alkyl halides is 3. The number of imide groups is 1. The third kappa shape index (κ3) is 3.36. The number of rotatable bonds is 4. The van der Waals surface area contributed by atoms with Gasteiger partial charge in [0, 0.05) is 24.6 Å². The summed E-state index contributed by atoms with van der Waals surface area (Å²) >= 11 is 0. The molecule has 0 atom stereocenters. The fraction of sp³-hybridized carbons (Fsp3) is 0.600. The largest absolute Gasteiger partial charge is 0.389 e. The lowest BCUT2D eigenvalue weighted by Crippen LogP contribution is -2.31. The van der Waals surface area contributed by atoms with E-state index in [0.717, 1.165) is 4.90 Å². The Kier molecular flexibility index (Phi) is 3.72. The molecule has 0 saturated carbocycles. The fourth-order valence-electron chi connectivity index (χ4n) is 1.44. The highest BCUT2D eigenvalue weighted by molar-refractivity contribution is 6.15. The number of halogens is 3. The SMILES string of the molecule is CC1=CC(=O)N(CCCCC(F)(F)F)C1=O. The van der Waals surface area contributed by atoms with Crippen LogP contribution in [0.15, 0.2) is 11.6 Å². The second-order valence-electron chi connectivity index (χ2n) is 3.69. The lowest BCUT2D eigenvalue weighted by atomic mass is 10.2. The lowest BCUT2D eigenvalue weighted by Gasteiger charge is -2.14. The number of hydrogen-bond acceptors (Lipinski definition) is 2. The molecule has 0 aromatic carbocycles. The number of nitrogens with zero attached hydrogens (tertiary/aromatic N) is 1. The average molecular weight is 235 g/mol. The predicted octanol–water partition coefficient (Wildman–Crippen LogP) is 2.03. The van der Waals surface area contributed by atoms with Crippen molar-refractivity contribution in [2.75, 3.05) is 6.54 Å². The first-order valence-corrected chi connectivity index (χ1v) is 4.92. The van der Waals surface area contributed by atoms with E-state index < -0.39 is 24.4 Å². The monoisotopic (exact) mass is 235 g/mol. The van der Waals surface area contributed by atoms with Crippen molar-refractivity contribution in [3.05, 3.63) is 11.6 Å². The molecule has 0 aliphatic carbocycles. The van der Waals surface area contributed by atoms with Crippen molar-refractivity contribution in [1.82, 2.24) is 4.90 Å². The minimum atomic E-state index is -4.17. The van der Waals surface area contributed by atoms with Crippen LogP contribution in [0.1, 0.15) is 26.2 Å². The van der Waals surface area contributed by atoms with E-state index in [1.807, 2.05) is 0 Å². The van der Waals surface area contributed by atoms with Gasteiger partial charge in [-0.2, -0.15) is 13.2 Å². The smallest absolute Gasteiger partial charge is 0.275 e. The van der Waals surface area contributed by atoms with E-state index in [1.54, 1.807) is 0 Å². The number of unbranched alkanes of at least 4 members (excludes halogenated alkanes) is 1. The topological polar surface area (TPSA) is 37.4 Å². The molecule has 0 aromatic rings.